The van der Waals surface area contributed by atoms with E-state index >= 15 is 0 Å². The van der Waals surface area contributed by atoms with E-state index in [0.29, 0.717) is 10.5 Å². The zero-order valence-electron chi connectivity index (χ0n) is 14.3. The predicted octanol–water partition coefficient (Wildman–Crippen LogP) is 1.99. The first-order valence-corrected chi connectivity index (χ1v) is 10.2. The van der Waals surface area contributed by atoms with Crippen LogP contribution in [0.5, 0.6) is 5.88 Å². The fourth-order valence-corrected chi connectivity index (χ4v) is 3.74. The van der Waals surface area contributed by atoms with E-state index in [9.17, 15) is 23.1 Å². The van der Waals surface area contributed by atoms with Crippen molar-refractivity contribution in [1.29, 1.82) is 0 Å². The molecular weight excluding hydrogens is 406 g/mol. The van der Waals surface area contributed by atoms with Crippen molar-refractivity contribution in [3.05, 3.63) is 68.1 Å². The summed E-state index contributed by atoms with van der Waals surface area (Å²) in [5, 5.41) is 14.5. The average molecular weight is 418 g/mol. The summed E-state index contributed by atoms with van der Waals surface area (Å²) in [6, 6.07) is 9.87. The number of pyridine rings is 1. The number of fused-ring (bicyclic) bond motifs is 2. The second kappa shape index (κ2) is 6.18. The van der Waals surface area contributed by atoms with Gasteiger partial charge in [0, 0.05) is 16.7 Å². The Balaban J connectivity index is 2.04. The molecule has 0 radical (unpaired) electrons. The highest BCUT2D eigenvalue weighted by Gasteiger charge is 2.17. The highest BCUT2D eigenvalue weighted by molar-refractivity contribution is 7.90. The molecule has 0 amide bonds. The van der Waals surface area contributed by atoms with Gasteiger partial charge in [-0.05, 0) is 42.5 Å². The molecule has 28 heavy (non-hydrogen) atoms. The summed E-state index contributed by atoms with van der Waals surface area (Å²) < 4.78 is 24.0. The highest BCUT2D eigenvalue weighted by atomic mass is 35.5. The first-order valence-electron chi connectivity index (χ1n) is 7.95. The Kier molecular flexibility index (Phi) is 4.02. The van der Waals surface area contributed by atoms with Gasteiger partial charge in [-0.15, -0.1) is 5.10 Å². The van der Waals surface area contributed by atoms with Crippen LogP contribution in [-0.2, 0) is 9.84 Å². The molecule has 0 aliphatic heterocycles. The van der Waals surface area contributed by atoms with Gasteiger partial charge >= 0.3 is 0 Å². The van der Waals surface area contributed by atoms with Crippen LogP contribution in [-0.4, -0.2) is 34.5 Å². The lowest BCUT2D eigenvalue weighted by Gasteiger charge is -2.09. The van der Waals surface area contributed by atoms with Crippen LogP contribution in [0, 0.1) is 0 Å². The summed E-state index contributed by atoms with van der Waals surface area (Å²) in [5.74, 6) is -0.555. The van der Waals surface area contributed by atoms with Gasteiger partial charge in [0.15, 0.2) is 9.84 Å². The van der Waals surface area contributed by atoms with Gasteiger partial charge in [-0.2, -0.15) is 4.68 Å². The molecular formula is C18H12ClN3O5S. The van der Waals surface area contributed by atoms with Crippen LogP contribution >= 0.6 is 11.6 Å². The summed E-state index contributed by atoms with van der Waals surface area (Å²) in [4.78, 5) is 28.6. The van der Waals surface area contributed by atoms with Crippen molar-refractivity contribution < 1.29 is 13.5 Å². The molecule has 2 heterocycles. The summed E-state index contributed by atoms with van der Waals surface area (Å²) in [6.07, 6.45) is 1.06. The van der Waals surface area contributed by atoms with Crippen LogP contribution in [0.25, 0.3) is 27.5 Å². The Morgan fingerprint density at radius 2 is 1.79 bits per heavy atom. The van der Waals surface area contributed by atoms with Gasteiger partial charge < -0.3 is 10.1 Å². The number of aromatic hydroxyl groups is 1. The van der Waals surface area contributed by atoms with Crippen molar-refractivity contribution in [2.45, 2.75) is 4.90 Å². The van der Waals surface area contributed by atoms with Crippen LogP contribution in [0.4, 0.5) is 0 Å². The van der Waals surface area contributed by atoms with E-state index in [4.69, 9.17) is 11.6 Å². The zero-order valence-corrected chi connectivity index (χ0v) is 15.9. The normalized spacial score (nSPS) is 11.9. The Morgan fingerprint density at radius 3 is 2.43 bits per heavy atom. The Morgan fingerprint density at radius 1 is 1.11 bits per heavy atom. The summed E-state index contributed by atoms with van der Waals surface area (Å²) >= 11 is 5.93. The Labute approximate surface area is 162 Å². The molecule has 4 aromatic rings. The predicted molar refractivity (Wildman–Crippen MR) is 105 cm³/mol. The molecule has 2 aromatic carbocycles. The Hall–Kier alpha value is -3.17. The monoisotopic (exact) mass is 417 g/mol. The van der Waals surface area contributed by atoms with E-state index in [0.717, 1.165) is 10.9 Å². The maximum atomic E-state index is 12.9. The SMILES string of the molecule is CS(=O)(=O)c1ccc(-n2nc(O)c3[nH]c4cc(Cl)ccc4c(=O)c3c2=O)cc1. The van der Waals surface area contributed by atoms with Crippen LogP contribution in [0.1, 0.15) is 0 Å². The first-order chi connectivity index (χ1) is 13.2. The van der Waals surface area contributed by atoms with Crippen molar-refractivity contribution in [3.63, 3.8) is 0 Å². The first kappa shape index (κ1) is 18.2. The molecule has 0 saturated carbocycles. The highest BCUT2D eigenvalue weighted by Crippen LogP contribution is 2.22. The number of halogens is 1. The fraction of sp³-hybridized carbons (Fsp3) is 0.0556. The van der Waals surface area contributed by atoms with Crippen molar-refractivity contribution in [3.8, 4) is 11.6 Å². The molecule has 0 aliphatic carbocycles. The lowest BCUT2D eigenvalue weighted by Crippen LogP contribution is -2.26. The van der Waals surface area contributed by atoms with E-state index in [2.05, 4.69) is 10.1 Å². The van der Waals surface area contributed by atoms with Gasteiger partial charge in [-0.25, -0.2) is 8.42 Å². The lowest BCUT2D eigenvalue weighted by molar-refractivity contribution is 0.443. The number of rotatable bonds is 2. The van der Waals surface area contributed by atoms with Crippen molar-refractivity contribution >= 4 is 43.2 Å². The zero-order chi connectivity index (χ0) is 20.2. The molecule has 0 unspecified atom stereocenters. The summed E-state index contributed by atoms with van der Waals surface area (Å²) in [5.41, 5.74) is -0.877. The van der Waals surface area contributed by atoms with Crippen LogP contribution < -0.4 is 11.0 Å². The second-order valence-corrected chi connectivity index (χ2v) is 8.65. The number of hydrogen-bond acceptors (Lipinski definition) is 6. The largest absolute Gasteiger partial charge is 0.491 e. The van der Waals surface area contributed by atoms with E-state index in [1.165, 1.54) is 42.5 Å². The van der Waals surface area contributed by atoms with E-state index in [-0.39, 0.29) is 26.9 Å². The summed E-state index contributed by atoms with van der Waals surface area (Å²) in [7, 11) is -3.41. The van der Waals surface area contributed by atoms with Crippen LogP contribution in [0.2, 0.25) is 5.02 Å². The van der Waals surface area contributed by atoms with E-state index in [1.54, 1.807) is 0 Å². The van der Waals surface area contributed by atoms with Crippen molar-refractivity contribution in [2.75, 3.05) is 6.26 Å². The topological polar surface area (TPSA) is 122 Å². The fourth-order valence-electron chi connectivity index (χ4n) is 2.94. The van der Waals surface area contributed by atoms with Gasteiger partial charge in [0.05, 0.1) is 16.1 Å². The number of nitrogens with one attached hydrogen (secondary N) is 1. The van der Waals surface area contributed by atoms with E-state index < -0.39 is 26.7 Å². The minimum Gasteiger partial charge on any atom is -0.491 e. The molecule has 0 bridgehead atoms. The number of benzene rings is 2. The number of nitrogens with zero attached hydrogens (tertiary/aromatic N) is 2. The number of aromatic amines is 1. The van der Waals surface area contributed by atoms with Crippen molar-refractivity contribution in [1.82, 2.24) is 14.8 Å². The second-order valence-electron chi connectivity index (χ2n) is 6.20. The van der Waals surface area contributed by atoms with Crippen molar-refractivity contribution in [2.24, 2.45) is 0 Å². The minimum absolute atomic E-state index is 0.0648. The number of hydrogen-bond donors (Lipinski definition) is 2. The maximum absolute atomic E-state index is 12.9. The summed E-state index contributed by atoms with van der Waals surface area (Å²) in [6.45, 7) is 0. The molecule has 2 N–H and O–H groups in total. The molecule has 0 aliphatic rings. The van der Waals surface area contributed by atoms with Gasteiger partial charge in [-0.1, -0.05) is 11.6 Å². The molecule has 2 aromatic heterocycles. The molecule has 10 heteroatoms. The van der Waals surface area contributed by atoms with E-state index in [1.807, 2.05) is 0 Å². The average Bonchev–Trinajstić information content (AvgIpc) is 2.63. The van der Waals surface area contributed by atoms with Gasteiger partial charge in [-0.3, -0.25) is 9.59 Å². The standard InChI is InChI=1S/C18H12ClN3O5S/c1-28(26,27)11-5-3-10(4-6-11)22-18(25)14-15(17(24)21-22)20-13-8-9(19)2-7-12(13)16(14)23/h2-8H,1H3,(H,20,23)(H,21,24). The molecule has 142 valence electrons. The lowest BCUT2D eigenvalue weighted by atomic mass is 10.1. The van der Waals surface area contributed by atoms with Gasteiger partial charge in [0.2, 0.25) is 5.43 Å². The maximum Gasteiger partial charge on any atom is 0.285 e. The number of sulfone groups is 1. The van der Waals surface area contributed by atoms with Crippen LogP contribution in [0.15, 0.2) is 56.9 Å². The smallest absolute Gasteiger partial charge is 0.285 e. The third-order valence-electron chi connectivity index (χ3n) is 4.30. The number of H-pyrrole nitrogens is 1. The molecule has 0 fully saturated rings. The molecule has 0 saturated heterocycles. The molecule has 0 atom stereocenters. The quantitative estimate of drug-likeness (QED) is 0.481. The molecule has 0 spiro atoms. The Bertz CT molecular complexity index is 1490. The molecule has 8 nitrogen and oxygen atoms in total. The minimum atomic E-state index is -3.41. The van der Waals surface area contributed by atoms with Gasteiger partial charge in [0.1, 0.15) is 10.9 Å². The van der Waals surface area contributed by atoms with Gasteiger partial charge in [0.25, 0.3) is 11.4 Å². The number of aromatic nitrogens is 3. The van der Waals surface area contributed by atoms with Crippen LogP contribution in [0.3, 0.4) is 0 Å². The third kappa shape index (κ3) is 2.85. The third-order valence-corrected chi connectivity index (χ3v) is 5.66. The molecule has 4 rings (SSSR count).